The summed E-state index contributed by atoms with van der Waals surface area (Å²) in [6.07, 6.45) is 5.36. The normalized spacial score (nSPS) is 52.5. The largest absolute Gasteiger partial charge is 0.390 e. The van der Waals surface area contributed by atoms with Crippen LogP contribution in [0.1, 0.15) is 46.5 Å². The zero-order chi connectivity index (χ0) is 20.7. The zero-order valence-corrected chi connectivity index (χ0v) is 16.7. The molecule has 0 saturated heterocycles. The van der Waals surface area contributed by atoms with E-state index in [1.807, 2.05) is 13.8 Å². The fraction of sp³-hybridized carbons (Fsp3) is 0.727. The maximum Gasteiger partial charge on any atom is 0.190 e. The Bertz CT molecular complexity index is 801. The van der Waals surface area contributed by atoms with Crippen LogP contribution in [0.3, 0.4) is 0 Å². The molecule has 6 heteroatoms. The number of carbonyl (C=O) groups is 2. The molecule has 4 rings (SSSR count). The number of aliphatic hydroxyl groups is 4. The smallest absolute Gasteiger partial charge is 0.190 e. The standard InChI is InChI=1S/C22H30O6/c1-12-8-16-15-5-4-13-9-14(24)6-7-19(13,2)22(15,28)17(25)10-20(16,3)21(12,27)18(26)11-23/h6-7,9,12,15-17,23,25,27-28H,4-5,8,10-11H2,1-3H3/t12-,15+,16+,17+,19+,20+,21+,22+/m1/s1. The van der Waals surface area contributed by atoms with Gasteiger partial charge in [-0.2, -0.15) is 0 Å². The van der Waals surface area contributed by atoms with Gasteiger partial charge < -0.3 is 20.4 Å². The second kappa shape index (κ2) is 5.85. The van der Waals surface area contributed by atoms with E-state index in [2.05, 4.69) is 0 Å². The number of Topliss-reactive ketones (excluding diaryl/α,β-unsaturated/α-hetero) is 1. The summed E-state index contributed by atoms with van der Waals surface area (Å²) in [7, 11) is 0. The summed E-state index contributed by atoms with van der Waals surface area (Å²) in [5, 5.41) is 44.1. The van der Waals surface area contributed by atoms with E-state index < -0.39 is 40.5 Å². The first-order valence-electron chi connectivity index (χ1n) is 10.2. The van der Waals surface area contributed by atoms with Gasteiger partial charge in [-0.1, -0.05) is 25.5 Å². The van der Waals surface area contributed by atoms with E-state index in [9.17, 15) is 30.0 Å². The molecule has 0 aromatic rings. The van der Waals surface area contributed by atoms with Gasteiger partial charge in [0.05, 0.1) is 6.10 Å². The fourth-order valence-corrected chi connectivity index (χ4v) is 7.31. The second-order valence-electron chi connectivity index (χ2n) is 9.81. The van der Waals surface area contributed by atoms with E-state index in [1.165, 1.54) is 6.08 Å². The number of hydrogen-bond acceptors (Lipinski definition) is 6. The van der Waals surface area contributed by atoms with Crippen LogP contribution in [-0.2, 0) is 9.59 Å². The van der Waals surface area contributed by atoms with Crippen molar-refractivity contribution >= 4 is 11.6 Å². The molecule has 8 atom stereocenters. The minimum atomic E-state index is -1.73. The maximum absolute atomic E-state index is 12.6. The minimum Gasteiger partial charge on any atom is -0.390 e. The Morgan fingerprint density at radius 3 is 2.57 bits per heavy atom. The van der Waals surface area contributed by atoms with Crippen molar-refractivity contribution in [1.29, 1.82) is 0 Å². The van der Waals surface area contributed by atoms with Gasteiger partial charge in [-0.15, -0.1) is 0 Å². The molecule has 28 heavy (non-hydrogen) atoms. The molecule has 0 amide bonds. The quantitative estimate of drug-likeness (QED) is 0.557. The van der Waals surface area contributed by atoms with Crippen molar-refractivity contribution in [2.75, 3.05) is 6.61 Å². The van der Waals surface area contributed by atoms with E-state index in [4.69, 9.17) is 0 Å². The lowest BCUT2D eigenvalue weighted by molar-refractivity contribution is -0.249. The first-order valence-corrected chi connectivity index (χ1v) is 10.2. The SMILES string of the molecule is C[C@@H]1C[C@H]2[C@@H]3CCC4=CC(=O)C=C[C@]4(C)[C@@]3(O)[C@@H](O)C[C@]2(C)[C@@]1(O)C(=O)CO. The van der Waals surface area contributed by atoms with Crippen LogP contribution in [0, 0.1) is 28.6 Å². The topological polar surface area (TPSA) is 115 Å². The number of allylic oxidation sites excluding steroid dienone is 2. The molecule has 4 aliphatic carbocycles. The Kier molecular flexibility index (Phi) is 4.17. The van der Waals surface area contributed by atoms with E-state index in [-0.39, 0.29) is 30.0 Å². The molecule has 4 aliphatic rings. The molecule has 0 bridgehead atoms. The first kappa shape index (κ1) is 20.0. The summed E-state index contributed by atoms with van der Waals surface area (Å²) in [5.41, 5.74) is -4.19. The second-order valence-corrected chi connectivity index (χ2v) is 9.81. The predicted octanol–water partition coefficient (Wildman–Crippen LogP) is 0.918. The molecule has 0 heterocycles. The molecule has 0 aliphatic heterocycles. The molecule has 0 aromatic carbocycles. The van der Waals surface area contributed by atoms with Crippen molar-refractivity contribution in [2.45, 2.75) is 63.8 Å². The molecule has 154 valence electrons. The van der Waals surface area contributed by atoms with Crippen LogP contribution < -0.4 is 0 Å². The van der Waals surface area contributed by atoms with Gasteiger partial charge in [0, 0.05) is 10.8 Å². The summed E-state index contributed by atoms with van der Waals surface area (Å²) in [4.78, 5) is 24.5. The Hall–Kier alpha value is -1.34. The summed E-state index contributed by atoms with van der Waals surface area (Å²) in [6, 6.07) is 0. The van der Waals surface area contributed by atoms with Gasteiger partial charge in [-0.25, -0.2) is 0 Å². The highest BCUT2D eigenvalue weighted by Crippen LogP contribution is 2.69. The van der Waals surface area contributed by atoms with Crippen LogP contribution in [0.15, 0.2) is 23.8 Å². The number of carbonyl (C=O) groups excluding carboxylic acids is 2. The van der Waals surface area contributed by atoms with Crippen LogP contribution in [0.25, 0.3) is 0 Å². The molecule has 6 nitrogen and oxygen atoms in total. The third-order valence-electron chi connectivity index (χ3n) is 8.88. The van der Waals surface area contributed by atoms with E-state index in [0.717, 1.165) is 5.57 Å². The summed E-state index contributed by atoms with van der Waals surface area (Å²) in [6.45, 7) is 4.73. The lowest BCUT2D eigenvalue weighted by atomic mass is 9.44. The van der Waals surface area contributed by atoms with Crippen LogP contribution in [0.2, 0.25) is 0 Å². The summed E-state index contributed by atoms with van der Waals surface area (Å²) >= 11 is 0. The van der Waals surface area contributed by atoms with Gasteiger partial charge in [0.1, 0.15) is 17.8 Å². The fourth-order valence-electron chi connectivity index (χ4n) is 7.31. The molecular formula is C22H30O6. The molecule has 0 aromatic heterocycles. The van der Waals surface area contributed by atoms with E-state index in [0.29, 0.717) is 19.3 Å². The number of aliphatic hydroxyl groups excluding tert-OH is 2. The van der Waals surface area contributed by atoms with Crippen LogP contribution in [0.4, 0.5) is 0 Å². The zero-order valence-electron chi connectivity index (χ0n) is 16.7. The van der Waals surface area contributed by atoms with E-state index >= 15 is 0 Å². The summed E-state index contributed by atoms with van der Waals surface area (Å²) in [5.74, 6) is -1.62. The highest BCUT2D eigenvalue weighted by atomic mass is 16.3. The predicted molar refractivity (Wildman–Crippen MR) is 101 cm³/mol. The summed E-state index contributed by atoms with van der Waals surface area (Å²) < 4.78 is 0. The van der Waals surface area contributed by atoms with Crippen molar-refractivity contribution in [3.8, 4) is 0 Å². The third kappa shape index (κ3) is 2.02. The molecule has 4 N–H and O–H groups in total. The Balaban J connectivity index is 1.84. The molecule has 3 saturated carbocycles. The van der Waals surface area contributed by atoms with Crippen LogP contribution >= 0.6 is 0 Å². The molecule has 0 radical (unpaired) electrons. The van der Waals surface area contributed by atoms with Gasteiger partial charge in [-0.3, -0.25) is 9.59 Å². The van der Waals surface area contributed by atoms with Crippen molar-refractivity contribution < 1.29 is 30.0 Å². The molecule has 0 unspecified atom stereocenters. The van der Waals surface area contributed by atoms with Gasteiger partial charge in [0.25, 0.3) is 0 Å². The number of rotatable bonds is 2. The number of ketones is 2. The van der Waals surface area contributed by atoms with Crippen molar-refractivity contribution in [1.82, 2.24) is 0 Å². The highest BCUT2D eigenvalue weighted by molar-refractivity contribution is 6.01. The van der Waals surface area contributed by atoms with E-state index in [1.54, 1.807) is 19.1 Å². The van der Waals surface area contributed by atoms with Crippen molar-refractivity contribution in [3.05, 3.63) is 23.8 Å². The molecular weight excluding hydrogens is 360 g/mol. The monoisotopic (exact) mass is 390 g/mol. The average molecular weight is 390 g/mol. The maximum atomic E-state index is 12.6. The van der Waals surface area contributed by atoms with Crippen molar-refractivity contribution in [2.24, 2.45) is 28.6 Å². The van der Waals surface area contributed by atoms with Gasteiger partial charge in [0.2, 0.25) is 0 Å². The Morgan fingerprint density at radius 2 is 1.93 bits per heavy atom. The average Bonchev–Trinajstić information content (AvgIpc) is 2.84. The van der Waals surface area contributed by atoms with Crippen molar-refractivity contribution in [3.63, 3.8) is 0 Å². The van der Waals surface area contributed by atoms with Gasteiger partial charge >= 0.3 is 0 Å². The molecule has 3 fully saturated rings. The van der Waals surface area contributed by atoms with Crippen LogP contribution in [-0.4, -0.2) is 55.9 Å². The number of fused-ring (bicyclic) bond motifs is 5. The number of hydrogen-bond donors (Lipinski definition) is 4. The third-order valence-corrected chi connectivity index (χ3v) is 8.88. The lowest BCUT2D eigenvalue weighted by Crippen LogP contribution is -2.71. The van der Waals surface area contributed by atoms with Gasteiger partial charge in [0.15, 0.2) is 11.6 Å². The van der Waals surface area contributed by atoms with Crippen LogP contribution in [0.5, 0.6) is 0 Å². The lowest BCUT2D eigenvalue weighted by Gasteiger charge is -2.64. The van der Waals surface area contributed by atoms with Gasteiger partial charge in [-0.05, 0) is 62.5 Å². The highest BCUT2D eigenvalue weighted by Gasteiger charge is 2.74. The Morgan fingerprint density at radius 1 is 1.25 bits per heavy atom. The minimum absolute atomic E-state index is 0.0574. The Labute approximate surface area is 165 Å². The molecule has 0 spiro atoms. The first-order chi connectivity index (χ1) is 13.0.